The maximum absolute atomic E-state index is 13.2. The molecule has 0 unspecified atom stereocenters. The molecular formula is C19H20F3NO6S. The van der Waals surface area contributed by atoms with Gasteiger partial charge in [0.1, 0.15) is 17.6 Å². The molecule has 2 aromatic rings. The van der Waals surface area contributed by atoms with E-state index in [1.807, 2.05) is 0 Å². The summed E-state index contributed by atoms with van der Waals surface area (Å²) in [5.41, 5.74) is -0.557. The molecule has 2 heterocycles. The van der Waals surface area contributed by atoms with Gasteiger partial charge in [-0.1, -0.05) is 0 Å². The molecule has 1 atom stereocenters. The third-order valence-corrected chi connectivity index (χ3v) is 5.55. The molecule has 0 saturated carbocycles. The van der Waals surface area contributed by atoms with Crippen molar-refractivity contribution in [2.24, 2.45) is 0 Å². The number of aryl methyl sites for hydroxylation is 1. The summed E-state index contributed by atoms with van der Waals surface area (Å²) in [6, 6.07) is 6.77. The maximum Gasteiger partial charge on any atom is 0.450 e. The number of hydrogen-bond donors (Lipinski definition) is 0. The van der Waals surface area contributed by atoms with Crippen LogP contribution in [0.25, 0.3) is 0 Å². The van der Waals surface area contributed by atoms with Gasteiger partial charge in [0.2, 0.25) is 5.76 Å². The topological polar surface area (TPSA) is 86.0 Å². The van der Waals surface area contributed by atoms with Crippen LogP contribution in [-0.2, 0) is 20.8 Å². The molecule has 7 nitrogen and oxygen atoms in total. The van der Waals surface area contributed by atoms with Gasteiger partial charge in [-0.3, -0.25) is 4.79 Å². The lowest BCUT2D eigenvalue weighted by Crippen LogP contribution is -2.40. The number of hydrogen-bond acceptors (Lipinski definition) is 6. The van der Waals surface area contributed by atoms with Crippen LogP contribution in [0, 0.1) is 6.92 Å². The number of alkyl halides is 3. The fraction of sp³-hybridized carbons (Fsp3) is 0.421. The lowest BCUT2D eigenvalue weighted by atomic mass is 10.2. The number of carbonyl (C=O) groups is 1. The summed E-state index contributed by atoms with van der Waals surface area (Å²) >= 11 is 0. The number of carbonyl (C=O) groups excluding carboxylic acids is 1. The van der Waals surface area contributed by atoms with Crippen molar-refractivity contribution < 1.29 is 40.3 Å². The Morgan fingerprint density at radius 1 is 1.23 bits per heavy atom. The summed E-state index contributed by atoms with van der Waals surface area (Å²) in [5, 5.41) is 0. The second-order valence-electron chi connectivity index (χ2n) is 6.91. The molecule has 0 N–H and O–H groups in total. The van der Waals surface area contributed by atoms with E-state index in [0.717, 1.165) is 12.3 Å². The molecule has 0 bridgehead atoms. The molecule has 1 amide bonds. The first-order valence-corrected chi connectivity index (χ1v) is 10.9. The summed E-state index contributed by atoms with van der Waals surface area (Å²) in [5.74, 6) is -1.83. The SMILES string of the molecule is Cc1cc(C(=O)N2CCOC[C@H](Oc3ccc(S(C)(=O)=O)cc3)C2)c(C(F)(F)F)o1. The molecule has 0 aliphatic carbocycles. The van der Waals surface area contributed by atoms with Gasteiger partial charge in [-0.05, 0) is 37.3 Å². The van der Waals surface area contributed by atoms with Gasteiger partial charge in [0.15, 0.2) is 9.84 Å². The second-order valence-corrected chi connectivity index (χ2v) is 8.92. The van der Waals surface area contributed by atoms with Gasteiger partial charge in [0.25, 0.3) is 5.91 Å². The number of halogens is 3. The molecule has 30 heavy (non-hydrogen) atoms. The third kappa shape index (κ3) is 5.14. The van der Waals surface area contributed by atoms with E-state index in [9.17, 15) is 26.4 Å². The minimum absolute atomic E-state index is 0.00577. The predicted octanol–water partition coefficient (Wildman–Crippen LogP) is 2.93. The first-order valence-electron chi connectivity index (χ1n) is 8.96. The van der Waals surface area contributed by atoms with Crippen LogP contribution in [0.3, 0.4) is 0 Å². The van der Waals surface area contributed by atoms with Gasteiger partial charge in [0, 0.05) is 12.8 Å². The monoisotopic (exact) mass is 447 g/mol. The highest BCUT2D eigenvalue weighted by Gasteiger charge is 2.41. The highest BCUT2D eigenvalue weighted by molar-refractivity contribution is 7.90. The first-order chi connectivity index (χ1) is 13.9. The summed E-state index contributed by atoms with van der Waals surface area (Å²) in [7, 11) is -3.36. The highest BCUT2D eigenvalue weighted by Crippen LogP contribution is 2.34. The van der Waals surface area contributed by atoms with E-state index in [4.69, 9.17) is 13.9 Å². The average molecular weight is 447 g/mol. The Balaban J connectivity index is 1.76. The zero-order valence-corrected chi connectivity index (χ0v) is 17.0. The van der Waals surface area contributed by atoms with Crippen molar-refractivity contribution in [2.75, 3.05) is 32.6 Å². The molecular weight excluding hydrogens is 427 g/mol. The fourth-order valence-electron chi connectivity index (χ4n) is 3.05. The van der Waals surface area contributed by atoms with Crippen molar-refractivity contribution in [2.45, 2.75) is 24.1 Å². The smallest absolute Gasteiger partial charge is 0.450 e. The standard InChI is InChI=1S/C19H20F3NO6S/c1-12-9-16(17(28-12)19(20,21)22)18(24)23-7-8-27-11-14(10-23)29-13-3-5-15(6-4-13)30(2,25)26/h3-6,9,14H,7-8,10-11H2,1-2H3/t14-/m1/s1. The molecule has 0 spiro atoms. The van der Waals surface area contributed by atoms with E-state index in [2.05, 4.69) is 0 Å². The minimum Gasteiger partial charge on any atom is -0.486 e. The van der Waals surface area contributed by atoms with Crippen LogP contribution in [0.15, 0.2) is 39.6 Å². The molecule has 3 rings (SSSR count). The van der Waals surface area contributed by atoms with Crippen molar-refractivity contribution in [3.05, 3.63) is 47.4 Å². The largest absolute Gasteiger partial charge is 0.486 e. The van der Waals surface area contributed by atoms with E-state index in [1.165, 1.54) is 36.1 Å². The zero-order valence-electron chi connectivity index (χ0n) is 16.2. The highest BCUT2D eigenvalue weighted by atomic mass is 32.2. The van der Waals surface area contributed by atoms with Crippen LogP contribution in [0.4, 0.5) is 13.2 Å². The Kier molecular flexibility index (Phi) is 6.14. The molecule has 1 aliphatic rings. The molecule has 1 fully saturated rings. The van der Waals surface area contributed by atoms with E-state index in [0.29, 0.717) is 5.75 Å². The number of rotatable bonds is 4. The summed E-state index contributed by atoms with van der Waals surface area (Å²) in [6.45, 7) is 1.68. The van der Waals surface area contributed by atoms with E-state index < -0.39 is 39.3 Å². The van der Waals surface area contributed by atoms with Crippen LogP contribution in [0.1, 0.15) is 21.9 Å². The number of ether oxygens (including phenoxy) is 2. The van der Waals surface area contributed by atoms with E-state index >= 15 is 0 Å². The molecule has 1 aromatic heterocycles. The number of benzene rings is 1. The average Bonchev–Trinajstić information content (AvgIpc) is 2.90. The molecule has 1 aromatic carbocycles. The minimum atomic E-state index is -4.79. The van der Waals surface area contributed by atoms with Crippen LogP contribution in [0.5, 0.6) is 5.75 Å². The van der Waals surface area contributed by atoms with Gasteiger partial charge >= 0.3 is 6.18 Å². The van der Waals surface area contributed by atoms with E-state index in [1.54, 1.807) is 0 Å². The Labute approximate surface area is 171 Å². The van der Waals surface area contributed by atoms with Crippen LogP contribution >= 0.6 is 0 Å². The summed E-state index contributed by atoms with van der Waals surface area (Å²) in [4.78, 5) is 14.1. The first kappa shape index (κ1) is 22.2. The number of sulfone groups is 1. The predicted molar refractivity (Wildman–Crippen MR) is 99.1 cm³/mol. The lowest BCUT2D eigenvalue weighted by molar-refractivity contribution is -0.153. The molecule has 164 valence electrons. The van der Waals surface area contributed by atoms with Gasteiger partial charge in [0.05, 0.1) is 30.2 Å². The summed E-state index contributed by atoms with van der Waals surface area (Å²) in [6.07, 6.45) is -4.36. The molecule has 0 radical (unpaired) electrons. The summed E-state index contributed by atoms with van der Waals surface area (Å²) < 4.78 is 78.5. The number of furan rings is 1. The number of nitrogens with zero attached hydrogens (tertiary/aromatic N) is 1. The molecule has 1 saturated heterocycles. The van der Waals surface area contributed by atoms with Gasteiger partial charge in [-0.2, -0.15) is 13.2 Å². The zero-order chi connectivity index (χ0) is 22.1. The number of amides is 1. The Morgan fingerprint density at radius 3 is 2.50 bits per heavy atom. The second kappa shape index (κ2) is 8.31. The molecule has 1 aliphatic heterocycles. The Morgan fingerprint density at radius 2 is 1.90 bits per heavy atom. The Bertz CT molecular complexity index is 1010. The van der Waals surface area contributed by atoms with Crippen LogP contribution in [0.2, 0.25) is 0 Å². The van der Waals surface area contributed by atoms with Gasteiger partial charge in [-0.15, -0.1) is 0 Å². The normalized spacial score (nSPS) is 18.2. The third-order valence-electron chi connectivity index (χ3n) is 4.42. The maximum atomic E-state index is 13.2. The van der Waals surface area contributed by atoms with Crippen LogP contribution in [-0.4, -0.2) is 57.9 Å². The van der Waals surface area contributed by atoms with Crippen molar-refractivity contribution in [3.8, 4) is 5.75 Å². The quantitative estimate of drug-likeness (QED) is 0.717. The molecule has 11 heteroatoms. The van der Waals surface area contributed by atoms with Gasteiger partial charge < -0.3 is 18.8 Å². The van der Waals surface area contributed by atoms with Crippen molar-refractivity contribution in [3.63, 3.8) is 0 Å². The van der Waals surface area contributed by atoms with Crippen molar-refractivity contribution >= 4 is 15.7 Å². The van der Waals surface area contributed by atoms with Crippen molar-refractivity contribution in [1.82, 2.24) is 4.90 Å². The van der Waals surface area contributed by atoms with E-state index in [-0.39, 0.29) is 37.0 Å². The fourth-order valence-corrected chi connectivity index (χ4v) is 3.68. The Hall–Kier alpha value is -2.53. The van der Waals surface area contributed by atoms with Gasteiger partial charge in [-0.25, -0.2) is 8.42 Å². The lowest BCUT2D eigenvalue weighted by Gasteiger charge is -2.24. The van der Waals surface area contributed by atoms with Crippen molar-refractivity contribution in [1.29, 1.82) is 0 Å². The van der Waals surface area contributed by atoms with Crippen LogP contribution < -0.4 is 4.74 Å².